The number of aliphatic hydroxyl groups is 1. The topological polar surface area (TPSA) is 49.5 Å². The summed E-state index contributed by atoms with van der Waals surface area (Å²) in [5.41, 5.74) is 6.97. The second kappa shape index (κ2) is 6.68. The monoisotopic (exact) mass is 330 g/mol. The highest BCUT2D eigenvalue weighted by Gasteiger charge is 2.25. The van der Waals surface area contributed by atoms with Crippen molar-refractivity contribution in [1.29, 1.82) is 0 Å². The molecular formula is C14H20BrFN2O. The molecule has 1 aliphatic rings. The summed E-state index contributed by atoms with van der Waals surface area (Å²) in [6.45, 7) is 1.30. The SMILES string of the molecule is NCc1ccc(N2CCCCC2CCO)c(F)c1Br. The third-order valence-electron chi connectivity index (χ3n) is 3.76. The van der Waals surface area contributed by atoms with Crippen LogP contribution < -0.4 is 10.6 Å². The molecule has 0 spiro atoms. The summed E-state index contributed by atoms with van der Waals surface area (Å²) in [5.74, 6) is -0.243. The lowest BCUT2D eigenvalue weighted by molar-refractivity contribution is 0.262. The van der Waals surface area contributed by atoms with Crippen molar-refractivity contribution in [2.45, 2.75) is 38.3 Å². The van der Waals surface area contributed by atoms with Gasteiger partial charge in [0, 0.05) is 25.7 Å². The maximum absolute atomic E-state index is 14.4. The molecule has 1 atom stereocenters. The van der Waals surface area contributed by atoms with Gasteiger partial charge in [-0.25, -0.2) is 4.39 Å². The Morgan fingerprint density at radius 3 is 2.89 bits per heavy atom. The minimum absolute atomic E-state index is 0.144. The molecule has 19 heavy (non-hydrogen) atoms. The number of halogens is 2. The summed E-state index contributed by atoms with van der Waals surface area (Å²) >= 11 is 3.29. The van der Waals surface area contributed by atoms with Gasteiger partial charge < -0.3 is 15.7 Å². The summed E-state index contributed by atoms with van der Waals surface area (Å²) in [5, 5.41) is 9.14. The lowest BCUT2D eigenvalue weighted by Crippen LogP contribution is -2.40. The van der Waals surface area contributed by atoms with E-state index in [2.05, 4.69) is 20.8 Å². The first-order valence-electron chi connectivity index (χ1n) is 6.73. The van der Waals surface area contributed by atoms with Crippen molar-refractivity contribution < 1.29 is 9.50 Å². The zero-order valence-corrected chi connectivity index (χ0v) is 12.5. The molecule has 5 heteroatoms. The van der Waals surface area contributed by atoms with Gasteiger partial charge in [-0.3, -0.25) is 0 Å². The summed E-state index contributed by atoms with van der Waals surface area (Å²) in [4.78, 5) is 2.08. The predicted octanol–water partition coefficient (Wildman–Crippen LogP) is 2.79. The highest BCUT2D eigenvalue weighted by atomic mass is 79.9. The van der Waals surface area contributed by atoms with E-state index >= 15 is 0 Å². The van der Waals surface area contributed by atoms with Crippen LogP contribution in [0.4, 0.5) is 10.1 Å². The van der Waals surface area contributed by atoms with Gasteiger partial charge in [-0.1, -0.05) is 6.07 Å². The number of hydrogen-bond acceptors (Lipinski definition) is 3. The molecule has 0 saturated carbocycles. The van der Waals surface area contributed by atoms with E-state index in [1.54, 1.807) is 6.07 Å². The summed E-state index contributed by atoms with van der Waals surface area (Å²) < 4.78 is 14.9. The van der Waals surface area contributed by atoms with Crippen LogP contribution in [-0.4, -0.2) is 24.3 Å². The molecule has 3 N–H and O–H groups in total. The average Bonchev–Trinajstić information content (AvgIpc) is 2.43. The fourth-order valence-corrected chi connectivity index (χ4v) is 3.22. The van der Waals surface area contributed by atoms with Crippen LogP contribution in [0.2, 0.25) is 0 Å². The van der Waals surface area contributed by atoms with E-state index in [1.165, 1.54) is 0 Å². The molecule has 0 aromatic heterocycles. The van der Waals surface area contributed by atoms with E-state index in [1.807, 2.05) is 6.07 Å². The molecule has 1 fully saturated rings. The quantitative estimate of drug-likeness (QED) is 0.892. The van der Waals surface area contributed by atoms with E-state index in [0.29, 0.717) is 23.1 Å². The number of benzene rings is 1. The number of piperidine rings is 1. The Bertz CT molecular complexity index is 440. The van der Waals surface area contributed by atoms with Gasteiger partial charge in [0.25, 0.3) is 0 Å². The van der Waals surface area contributed by atoms with Crippen LogP contribution in [0.15, 0.2) is 16.6 Å². The largest absolute Gasteiger partial charge is 0.396 e. The van der Waals surface area contributed by atoms with Crippen LogP contribution in [0.3, 0.4) is 0 Å². The second-order valence-corrected chi connectivity index (χ2v) is 5.72. The molecule has 0 bridgehead atoms. The van der Waals surface area contributed by atoms with Crippen LogP contribution in [-0.2, 0) is 6.54 Å². The maximum atomic E-state index is 14.4. The molecule has 3 nitrogen and oxygen atoms in total. The molecule has 0 radical (unpaired) electrons. The smallest absolute Gasteiger partial charge is 0.160 e. The van der Waals surface area contributed by atoms with Gasteiger partial charge in [0.2, 0.25) is 0 Å². The van der Waals surface area contributed by atoms with E-state index in [4.69, 9.17) is 10.8 Å². The Kier molecular flexibility index (Phi) is 5.19. The van der Waals surface area contributed by atoms with E-state index in [0.717, 1.165) is 31.4 Å². The fourth-order valence-electron chi connectivity index (χ4n) is 2.73. The predicted molar refractivity (Wildman–Crippen MR) is 78.7 cm³/mol. The molecule has 1 saturated heterocycles. The standard InChI is InChI=1S/C14H20BrFN2O/c15-13-10(9-17)4-5-12(14(13)16)18-7-2-1-3-11(18)6-8-19/h4-5,11,19H,1-3,6-9,17H2. The summed E-state index contributed by atoms with van der Waals surface area (Å²) in [7, 11) is 0. The minimum atomic E-state index is -0.243. The van der Waals surface area contributed by atoms with Crippen molar-refractivity contribution in [2.24, 2.45) is 5.73 Å². The van der Waals surface area contributed by atoms with Gasteiger partial charge in [0.1, 0.15) is 0 Å². The highest BCUT2D eigenvalue weighted by molar-refractivity contribution is 9.10. The van der Waals surface area contributed by atoms with Gasteiger partial charge in [-0.2, -0.15) is 0 Å². The molecule has 0 amide bonds. The number of rotatable bonds is 4. The van der Waals surface area contributed by atoms with Crippen molar-refractivity contribution in [3.8, 4) is 0 Å². The first-order chi connectivity index (χ1) is 9.19. The normalized spacial score (nSPS) is 19.8. The fraction of sp³-hybridized carbons (Fsp3) is 0.571. The van der Waals surface area contributed by atoms with Crippen molar-refractivity contribution >= 4 is 21.6 Å². The van der Waals surface area contributed by atoms with Gasteiger partial charge in [-0.05, 0) is 53.2 Å². The van der Waals surface area contributed by atoms with Crippen LogP contribution in [0, 0.1) is 5.82 Å². The third kappa shape index (κ3) is 3.09. The van der Waals surface area contributed by atoms with Gasteiger partial charge >= 0.3 is 0 Å². The van der Waals surface area contributed by atoms with Gasteiger partial charge in [0.15, 0.2) is 5.82 Å². The number of anilines is 1. The molecule has 1 aromatic carbocycles. The number of nitrogens with two attached hydrogens (primary N) is 1. The number of hydrogen-bond donors (Lipinski definition) is 2. The van der Waals surface area contributed by atoms with Crippen LogP contribution >= 0.6 is 15.9 Å². The molecule has 1 heterocycles. The third-order valence-corrected chi connectivity index (χ3v) is 4.62. The zero-order chi connectivity index (χ0) is 13.8. The maximum Gasteiger partial charge on any atom is 0.160 e. The Hall–Kier alpha value is -0.650. The number of nitrogens with zero attached hydrogens (tertiary/aromatic N) is 1. The van der Waals surface area contributed by atoms with Gasteiger partial charge in [-0.15, -0.1) is 0 Å². The minimum Gasteiger partial charge on any atom is -0.396 e. The average molecular weight is 331 g/mol. The lowest BCUT2D eigenvalue weighted by Gasteiger charge is -2.37. The second-order valence-electron chi connectivity index (χ2n) is 4.93. The molecule has 1 aromatic rings. The van der Waals surface area contributed by atoms with Crippen molar-refractivity contribution in [1.82, 2.24) is 0 Å². The first-order valence-corrected chi connectivity index (χ1v) is 7.52. The Morgan fingerprint density at radius 2 is 2.21 bits per heavy atom. The molecule has 1 aliphatic heterocycles. The van der Waals surface area contributed by atoms with Crippen LogP contribution in [0.5, 0.6) is 0 Å². The molecule has 1 unspecified atom stereocenters. The Morgan fingerprint density at radius 1 is 1.42 bits per heavy atom. The zero-order valence-electron chi connectivity index (χ0n) is 10.9. The molecule has 106 valence electrons. The summed E-state index contributed by atoms with van der Waals surface area (Å²) in [6, 6.07) is 3.90. The highest BCUT2D eigenvalue weighted by Crippen LogP contribution is 2.33. The lowest BCUT2D eigenvalue weighted by atomic mass is 9.98. The number of aliphatic hydroxyl groups excluding tert-OH is 1. The van der Waals surface area contributed by atoms with Crippen molar-refractivity contribution in [3.05, 3.63) is 28.0 Å². The molecule has 2 rings (SSSR count). The Labute approximate surface area is 121 Å². The van der Waals surface area contributed by atoms with Crippen molar-refractivity contribution in [2.75, 3.05) is 18.1 Å². The molecule has 0 aliphatic carbocycles. The Balaban J connectivity index is 2.31. The van der Waals surface area contributed by atoms with E-state index in [9.17, 15) is 4.39 Å². The van der Waals surface area contributed by atoms with Crippen LogP contribution in [0.1, 0.15) is 31.2 Å². The van der Waals surface area contributed by atoms with Crippen molar-refractivity contribution in [3.63, 3.8) is 0 Å². The van der Waals surface area contributed by atoms with Gasteiger partial charge in [0.05, 0.1) is 10.2 Å². The molecular weight excluding hydrogens is 311 g/mol. The summed E-state index contributed by atoms with van der Waals surface area (Å²) in [6.07, 6.45) is 3.91. The first kappa shape index (κ1) is 14.8. The van der Waals surface area contributed by atoms with E-state index < -0.39 is 0 Å². The van der Waals surface area contributed by atoms with E-state index in [-0.39, 0.29) is 18.5 Å². The van der Waals surface area contributed by atoms with Crippen LogP contribution in [0.25, 0.3) is 0 Å².